The van der Waals surface area contributed by atoms with E-state index in [1.807, 2.05) is 20.9 Å². The fraction of sp³-hybridized carbons (Fsp3) is 0.278. The molecule has 0 saturated carbocycles. The predicted octanol–water partition coefficient (Wildman–Crippen LogP) is 2.53. The van der Waals surface area contributed by atoms with Crippen LogP contribution in [0, 0.1) is 13.8 Å². The Morgan fingerprint density at radius 1 is 1.16 bits per heavy atom. The number of urea groups is 1. The summed E-state index contributed by atoms with van der Waals surface area (Å²) in [7, 11) is 1.86. The second kappa shape index (κ2) is 8.14. The van der Waals surface area contributed by atoms with Crippen molar-refractivity contribution in [3.63, 3.8) is 0 Å². The molecule has 0 unspecified atom stereocenters. The molecular weight excluding hydrogens is 318 g/mol. The number of carbonyl (C=O) groups is 2. The minimum Gasteiger partial charge on any atom is -0.334 e. The van der Waals surface area contributed by atoms with E-state index < -0.39 is 0 Å². The van der Waals surface area contributed by atoms with Crippen LogP contribution in [0.3, 0.4) is 0 Å². The third-order valence-electron chi connectivity index (χ3n) is 3.83. The smallest absolute Gasteiger partial charge is 0.319 e. The number of hydrogen-bond donors (Lipinski definition) is 3. The van der Waals surface area contributed by atoms with Gasteiger partial charge in [0.2, 0.25) is 5.91 Å². The molecule has 2 rings (SSSR count). The van der Waals surface area contributed by atoms with E-state index in [2.05, 4.69) is 27.6 Å². The van der Waals surface area contributed by atoms with Crippen molar-refractivity contribution in [2.24, 2.45) is 7.05 Å². The molecule has 0 saturated heterocycles. The molecule has 7 heteroatoms. The van der Waals surface area contributed by atoms with Crippen LogP contribution in [0.1, 0.15) is 17.0 Å². The third kappa shape index (κ3) is 4.94. The average molecular weight is 341 g/mol. The molecule has 3 amide bonds. The van der Waals surface area contributed by atoms with Crippen molar-refractivity contribution in [3.05, 3.63) is 53.9 Å². The SMILES string of the molecule is C=CCNC(=O)Nc1ccc(NC(=O)Cc2c(C)nn(C)c2C)cc1. The highest BCUT2D eigenvalue weighted by Crippen LogP contribution is 2.16. The molecule has 3 N–H and O–H groups in total. The fourth-order valence-corrected chi connectivity index (χ4v) is 2.42. The highest BCUT2D eigenvalue weighted by molar-refractivity contribution is 5.93. The Morgan fingerprint density at radius 2 is 1.76 bits per heavy atom. The maximum absolute atomic E-state index is 12.2. The van der Waals surface area contributed by atoms with E-state index >= 15 is 0 Å². The van der Waals surface area contributed by atoms with E-state index in [0.717, 1.165) is 17.0 Å². The van der Waals surface area contributed by atoms with Gasteiger partial charge in [0.1, 0.15) is 0 Å². The Balaban J connectivity index is 1.93. The van der Waals surface area contributed by atoms with Crippen LogP contribution in [0.25, 0.3) is 0 Å². The van der Waals surface area contributed by atoms with Gasteiger partial charge in [-0.15, -0.1) is 6.58 Å². The predicted molar refractivity (Wildman–Crippen MR) is 98.7 cm³/mol. The first-order chi connectivity index (χ1) is 11.9. The van der Waals surface area contributed by atoms with Crippen LogP contribution >= 0.6 is 0 Å². The van der Waals surface area contributed by atoms with E-state index in [4.69, 9.17) is 0 Å². The monoisotopic (exact) mass is 341 g/mol. The molecular formula is C18H23N5O2. The first kappa shape index (κ1) is 18.3. The molecule has 0 radical (unpaired) electrons. The molecule has 0 bridgehead atoms. The molecule has 0 aliphatic rings. The summed E-state index contributed by atoms with van der Waals surface area (Å²) in [6, 6.07) is 6.63. The van der Waals surface area contributed by atoms with Gasteiger partial charge in [0.15, 0.2) is 0 Å². The molecule has 0 aliphatic heterocycles. The Bertz CT molecular complexity index is 778. The van der Waals surface area contributed by atoms with Gasteiger partial charge in [-0.2, -0.15) is 5.10 Å². The largest absolute Gasteiger partial charge is 0.334 e. The molecule has 7 nitrogen and oxygen atoms in total. The Labute approximate surface area is 147 Å². The van der Waals surface area contributed by atoms with Gasteiger partial charge >= 0.3 is 6.03 Å². The van der Waals surface area contributed by atoms with Crippen LogP contribution in [-0.4, -0.2) is 28.3 Å². The van der Waals surface area contributed by atoms with Crippen LogP contribution < -0.4 is 16.0 Å². The van der Waals surface area contributed by atoms with Gasteiger partial charge < -0.3 is 16.0 Å². The van der Waals surface area contributed by atoms with Gasteiger partial charge in [-0.05, 0) is 38.1 Å². The number of benzene rings is 1. The quantitative estimate of drug-likeness (QED) is 0.706. The molecule has 0 atom stereocenters. The molecule has 25 heavy (non-hydrogen) atoms. The Kier molecular flexibility index (Phi) is 5.94. The van der Waals surface area contributed by atoms with Gasteiger partial charge in [0.05, 0.1) is 12.1 Å². The summed E-state index contributed by atoms with van der Waals surface area (Å²) in [6.45, 7) is 7.77. The highest BCUT2D eigenvalue weighted by Gasteiger charge is 2.13. The zero-order chi connectivity index (χ0) is 18.4. The van der Waals surface area contributed by atoms with Gasteiger partial charge in [-0.3, -0.25) is 9.48 Å². The number of amides is 3. The number of aryl methyl sites for hydroxylation is 2. The summed E-state index contributed by atoms with van der Waals surface area (Å²) in [5, 5.41) is 12.5. The lowest BCUT2D eigenvalue weighted by atomic mass is 10.1. The molecule has 0 aliphatic carbocycles. The Morgan fingerprint density at radius 3 is 2.28 bits per heavy atom. The minimum atomic E-state index is -0.306. The van der Waals surface area contributed by atoms with E-state index in [-0.39, 0.29) is 18.4 Å². The zero-order valence-electron chi connectivity index (χ0n) is 14.7. The van der Waals surface area contributed by atoms with E-state index in [1.54, 1.807) is 35.0 Å². The number of nitrogens with zero attached hydrogens (tertiary/aromatic N) is 2. The van der Waals surface area contributed by atoms with Crippen molar-refractivity contribution in [2.45, 2.75) is 20.3 Å². The molecule has 1 heterocycles. The lowest BCUT2D eigenvalue weighted by Crippen LogP contribution is -2.28. The molecule has 2 aromatic rings. The minimum absolute atomic E-state index is 0.108. The summed E-state index contributed by atoms with van der Waals surface area (Å²) in [5.74, 6) is -0.108. The van der Waals surface area contributed by atoms with E-state index in [1.165, 1.54) is 0 Å². The zero-order valence-corrected chi connectivity index (χ0v) is 14.7. The van der Waals surface area contributed by atoms with Crippen molar-refractivity contribution in [1.29, 1.82) is 0 Å². The van der Waals surface area contributed by atoms with Crippen LogP contribution in [0.15, 0.2) is 36.9 Å². The maximum atomic E-state index is 12.2. The van der Waals surface area contributed by atoms with Crippen molar-refractivity contribution < 1.29 is 9.59 Å². The molecule has 0 fully saturated rings. The van der Waals surface area contributed by atoms with Gasteiger partial charge in [0.25, 0.3) is 0 Å². The van der Waals surface area contributed by atoms with Crippen molar-refractivity contribution in [3.8, 4) is 0 Å². The van der Waals surface area contributed by atoms with Crippen LogP contribution in [0.5, 0.6) is 0 Å². The normalized spacial score (nSPS) is 10.2. The van der Waals surface area contributed by atoms with Gasteiger partial charge in [0, 0.05) is 36.2 Å². The number of rotatable bonds is 6. The first-order valence-corrected chi connectivity index (χ1v) is 7.95. The van der Waals surface area contributed by atoms with Crippen LogP contribution in [-0.2, 0) is 18.3 Å². The molecule has 1 aromatic heterocycles. The highest BCUT2D eigenvalue weighted by atomic mass is 16.2. The van der Waals surface area contributed by atoms with Crippen LogP contribution in [0.4, 0.5) is 16.2 Å². The van der Waals surface area contributed by atoms with Crippen molar-refractivity contribution in [1.82, 2.24) is 15.1 Å². The fourth-order valence-electron chi connectivity index (χ4n) is 2.42. The van der Waals surface area contributed by atoms with Gasteiger partial charge in [-0.25, -0.2) is 4.79 Å². The topological polar surface area (TPSA) is 88.1 Å². The average Bonchev–Trinajstić information content (AvgIpc) is 2.81. The first-order valence-electron chi connectivity index (χ1n) is 7.95. The number of anilines is 2. The van der Waals surface area contributed by atoms with Gasteiger partial charge in [-0.1, -0.05) is 6.08 Å². The standard InChI is InChI=1S/C18H23N5O2/c1-5-10-19-18(25)21-15-8-6-14(7-9-15)20-17(24)11-16-12(2)22-23(4)13(16)3/h5-9H,1,10-11H2,2-4H3,(H,20,24)(H2,19,21,25). The summed E-state index contributed by atoms with van der Waals surface area (Å²) < 4.78 is 1.77. The second-order valence-corrected chi connectivity index (χ2v) is 5.70. The summed E-state index contributed by atoms with van der Waals surface area (Å²) in [4.78, 5) is 23.8. The molecule has 1 aromatic carbocycles. The summed E-state index contributed by atoms with van der Waals surface area (Å²) >= 11 is 0. The Hall–Kier alpha value is -3.09. The lowest BCUT2D eigenvalue weighted by molar-refractivity contribution is -0.115. The third-order valence-corrected chi connectivity index (χ3v) is 3.83. The van der Waals surface area contributed by atoms with E-state index in [9.17, 15) is 9.59 Å². The number of hydrogen-bond acceptors (Lipinski definition) is 3. The number of aromatic nitrogens is 2. The lowest BCUT2D eigenvalue weighted by Gasteiger charge is -2.08. The summed E-state index contributed by atoms with van der Waals surface area (Å²) in [5.41, 5.74) is 4.09. The number of nitrogens with one attached hydrogen (secondary N) is 3. The second-order valence-electron chi connectivity index (χ2n) is 5.70. The van der Waals surface area contributed by atoms with Crippen molar-refractivity contribution >= 4 is 23.3 Å². The maximum Gasteiger partial charge on any atom is 0.319 e. The molecule has 0 spiro atoms. The molecule has 132 valence electrons. The van der Waals surface area contributed by atoms with E-state index in [0.29, 0.717) is 17.9 Å². The van der Waals surface area contributed by atoms with Crippen molar-refractivity contribution in [2.75, 3.05) is 17.2 Å². The van der Waals surface area contributed by atoms with Crippen LogP contribution in [0.2, 0.25) is 0 Å². The number of carbonyl (C=O) groups excluding carboxylic acids is 2. The summed E-state index contributed by atoms with van der Waals surface area (Å²) in [6.07, 6.45) is 1.87.